The van der Waals surface area contributed by atoms with E-state index < -0.39 is 0 Å². The lowest BCUT2D eigenvalue weighted by Crippen LogP contribution is -1.85. The molecule has 0 aliphatic heterocycles. The van der Waals surface area contributed by atoms with E-state index in [1.54, 1.807) is 6.20 Å². The first kappa shape index (κ1) is 7.98. The van der Waals surface area contributed by atoms with Crippen LogP contribution in [0.4, 0.5) is 0 Å². The first-order valence-corrected chi connectivity index (χ1v) is 4.16. The standard InChI is InChI=1S/C10H9NO2/c1-2-8-3-10-9(4-11-8)7(5-12)6-13-10/h3-6H,2H2,1H3. The van der Waals surface area contributed by atoms with E-state index in [2.05, 4.69) is 4.98 Å². The third kappa shape index (κ3) is 1.22. The maximum atomic E-state index is 10.5. The number of rotatable bonds is 2. The minimum absolute atomic E-state index is 0.560. The van der Waals surface area contributed by atoms with Crippen molar-refractivity contribution in [1.82, 2.24) is 4.98 Å². The normalized spacial score (nSPS) is 10.5. The Kier molecular flexibility index (Phi) is 1.85. The molecular weight excluding hydrogens is 166 g/mol. The summed E-state index contributed by atoms with van der Waals surface area (Å²) in [6.07, 6.45) is 4.78. The number of furan rings is 1. The molecule has 0 bridgehead atoms. The first-order valence-electron chi connectivity index (χ1n) is 4.16. The lowest BCUT2D eigenvalue weighted by atomic mass is 10.2. The van der Waals surface area contributed by atoms with Crippen LogP contribution in [0.15, 0.2) is 22.9 Å². The zero-order chi connectivity index (χ0) is 9.26. The van der Waals surface area contributed by atoms with E-state index in [0.717, 1.165) is 29.4 Å². The molecule has 66 valence electrons. The van der Waals surface area contributed by atoms with Gasteiger partial charge in [0.25, 0.3) is 0 Å². The number of nitrogens with zero attached hydrogens (tertiary/aromatic N) is 1. The van der Waals surface area contributed by atoms with E-state index in [0.29, 0.717) is 5.56 Å². The zero-order valence-electron chi connectivity index (χ0n) is 7.28. The van der Waals surface area contributed by atoms with Gasteiger partial charge >= 0.3 is 0 Å². The van der Waals surface area contributed by atoms with Crippen LogP contribution in [0.3, 0.4) is 0 Å². The van der Waals surface area contributed by atoms with E-state index in [1.165, 1.54) is 6.26 Å². The van der Waals surface area contributed by atoms with Gasteiger partial charge in [-0.15, -0.1) is 0 Å². The van der Waals surface area contributed by atoms with Crippen LogP contribution in [-0.4, -0.2) is 11.3 Å². The lowest BCUT2D eigenvalue weighted by molar-refractivity contribution is 0.112. The lowest BCUT2D eigenvalue weighted by Gasteiger charge is -1.93. The van der Waals surface area contributed by atoms with Crippen molar-refractivity contribution in [2.24, 2.45) is 0 Å². The van der Waals surface area contributed by atoms with Crippen molar-refractivity contribution in [3.63, 3.8) is 0 Å². The van der Waals surface area contributed by atoms with Crippen LogP contribution in [0.25, 0.3) is 11.0 Å². The van der Waals surface area contributed by atoms with Crippen LogP contribution < -0.4 is 0 Å². The Morgan fingerprint density at radius 1 is 1.62 bits per heavy atom. The topological polar surface area (TPSA) is 43.1 Å². The first-order chi connectivity index (χ1) is 6.35. The Balaban J connectivity index is 2.67. The average Bonchev–Trinajstić information content (AvgIpc) is 2.59. The number of pyridine rings is 1. The summed E-state index contributed by atoms with van der Waals surface area (Å²) >= 11 is 0. The van der Waals surface area contributed by atoms with Gasteiger partial charge in [-0.25, -0.2) is 0 Å². The van der Waals surface area contributed by atoms with Gasteiger partial charge in [-0.2, -0.15) is 0 Å². The van der Waals surface area contributed by atoms with Gasteiger partial charge in [0.15, 0.2) is 6.29 Å². The Morgan fingerprint density at radius 3 is 3.15 bits per heavy atom. The molecule has 0 N–H and O–H groups in total. The molecule has 0 amide bonds. The fourth-order valence-electron chi connectivity index (χ4n) is 1.27. The molecule has 2 aromatic heterocycles. The molecular formula is C10H9NO2. The number of carbonyl (C=O) groups is 1. The minimum atomic E-state index is 0.560. The number of fused-ring (bicyclic) bond motifs is 1. The Labute approximate surface area is 75.4 Å². The molecule has 3 nitrogen and oxygen atoms in total. The predicted octanol–water partition coefficient (Wildman–Crippen LogP) is 2.20. The molecule has 0 fully saturated rings. The molecule has 0 saturated carbocycles. The summed E-state index contributed by atoms with van der Waals surface area (Å²) in [6, 6.07) is 1.86. The smallest absolute Gasteiger partial charge is 0.153 e. The fraction of sp³-hybridized carbons (Fsp3) is 0.200. The number of hydrogen-bond acceptors (Lipinski definition) is 3. The Hall–Kier alpha value is -1.64. The molecule has 0 atom stereocenters. The highest BCUT2D eigenvalue weighted by Gasteiger charge is 2.05. The van der Waals surface area contributed by atoms with Gasteiger partial charge < -0.3 is 4.42 Å². The zero-order valence-corrected chi connectivity index (χ0v) is 7.28. The summed E-state index contributed by atoms with van der Waals surface area (Å²) in [5, 5.41) is 0.784. The molecule has 0 aromatic carbocycles. The molecule has 2 rings (SSSR count). The highest BCUT2D eigenvalue weighted by molar-refractivity contribution is 5.95. The van der Waals surface area contributed by atoms with Crippen molar-refractivity contribution in [1.29, 1.82) is 0 Å². The van der Waals surface area contributed by atoms with Crippen LogP contribution in [0.5, 0.6) is 0 Å². The number of carbonyl (C=O) groups excluding carboxylic acids is 1. The molecule has 0 spiro atoms. The van der Waals surface area contributed by atoms with Gasteiger partial charge in [0, 0.05) is 23.3 Å². The number of aldehydes is 1. The van der Waals surface area contributed by atoms with Crippen molar-refractivity contribution >= 4 is 17.3 Å². The van der Waals surface area contributed by atoms with E-state index in [-0.39, 0.29) is 0 Å². The third-order valence-electron chi connectivity index (χ3n) is 2.04. The highest BCUT2D eigenvalue weighted by Crippen LogP contribution is 2.19. The molecule has 2 heterocycles. The molecule has 13 heavy (non-hydrogen) atoms. The second-order valence-corrected chi connectivity index (χ2v) is 2.83. The van der Waals surface area contributed by atoms with Crippen LogP contribution in [-0.2, 0) is 6.42 Å². The van der Waals surface area contributed by atoms with Gasteiger partial charge in [-0.05, 0) is 6.42 Å². The van der Waals surface area contributed by atoms with Crippen molar-refractivity contribution in [2.45, 2.75) is 13.3 Å². The summed E-state index contributed by atoms with van der Waals surface area (Å²) < 4.78 is 5.21. The third-order valence-corrected chi connectivity index (χ3v) is 2.04. The van der Waals surface area contributed by atoms with Gasteiger partial charge in [0.05, 0.1) is 5.56 Å². The van der Waals surface area contributed by atoms with E-state index >= 15 is 0 Å². The second kappa shape index (κ2) is 3.01. The monoisotopic (exact) mass is 175 g/mol. The van der Waals surface area contributed by atoms with Crippen molar-refractivity contribution in [2.75, 3.05) is 0 Å². The molecule has 0 radical (unpaired) electrons. The summed E-state index contributed by atoms with van der Waals surface area (Å²) in [4.78, 5) is 14.7. The number of aromatic nitrogens is 1. The van der Waals surface area contributed by atoms with Crippen LogP contribution in [0.1, 0.15) is 23.0 Å². The average molecular weight is 175 g/mol. The van der Waals surface area contributed by atoms with Crippen molar-refractivity contribution in [3.8, 4) is 0 Å². The number of hydrogen-bond donors (Lipinski definition) is 0. The molecule has 0 unspecified atom stereocenters. The van der Waals surface area contributed by atoms with Gasteiger partial charge in [-0.3, -0.25) is 9.78 Å². The quantitative estimate of drug-likeness (QED) is 0.657. The molecule has 0 aliphatic rings. The Morgan fingerprint density at radius 2 is 2.46 bits per heavy atom. The van der Waals surface area contributed by atoms with Gasteiger partial charge in [0.2, 0.25) is 0 Å². The molecule has 0 saturated heterocycles. The fourth-order valence-corrected chi connectivity index (χ4v) is 1.27. The van der Waals surface area contributed by atoms with Crippen LogP contribution >= 0.6 is 0 Å². The summed E-state index contributed by atoms with van der Waals surface area (Å²) in [7, 11) is 0. The summed E-state index contributed by atoms with van der Waals surface area (Å²) in [5.41, 5.74) is 2.26. The maximum Gasteiger partial charge on any atom is 0.153 e. The second-order valence-electron chi connectivity index (χ2n) is 2.83. The van der Waals surface area contributed by atoms with Crippen LogP contribution in [0, 0.1) is 0 Å². The SMILES string of the molecule is CCc1cc2occ(C=O)c2cn1. The summed E-state index contributed by atoms with van der Waals surface area (Å²) in [6.45, 7) is 2.03. The molecule has 3 heteroatoms. The largest absolute Gasteiger partial charge is 0.463 e. The van der Waals surface area contributed by atoms with Crippen LogP contribution in [0.2, 0.25) is 0 Å². The van der Waals surface area contributed by atoms with E-state index in [9.17, 15) is 4.79 Å². The summed E-state index contributed by atoms with van der Waals surface area (Å²) in [5.74, 6) is 0. The molecule has 2 aromatic rings. The number of aryl methyl sites for hydroxylation is 1. The van der Waals surface area contributed by atoms with Gasteiger partial charge in [-0.1, -0.05) is 6.92 Å². The van der Waals surface area contributed by atoms with Crippen molar-refractivity contribution < 1.29 is 9.21 Å². The van der Waals surface area contributed by atoms with E-state index in [4.69, 9.17) is 4.42 Å². The van der Waals surface area contributed by atoms with E-state index in [1.807, 2.05) is 13.0 Å². The maximum absolute atomic E-state index is 10.5. The highest BCUT2D eigenvalue weighted by atomic mass is 16.3. The Bertz CT molecular complexity index is 445. The molecule has 0 aliphatic carbocycles. The van der Waals surface area contributed by atoms with Crippen molar-refractivity contribution in [3.05, 3.63) is 29.8 Å². The van der Waals surface area contributed by atoms with Gasteiger partial charge in [0.1, 0.15) is 11.8 Å². The minimum Gasteiger partial charge on any atom is -0.463 e. The predicted molar refractivity (Wildman–Crippen MR) is 48.8 cm³/mol.